The van der Waals surface area contributed by atoms with Gasteiger partial charge in [-0.2, -0.15) is 0 Å². The maximum Gasteiger partial charge on any atom is 0.0981 e. The van der Waals surface area contributed by atoms with Crippen molar-refractivity contribution < 1.29 is 4.74 Å². The van der Waals surface area contributed by atoms with E-state index in [1.165, 1.54) is 77.0 Å². The van der Waals surface area contributed by atoms with E-state index in [-0.39, 0.29) is 0 Å². The zero-order chi connectivity index (χ0) is 15.6. The van der Waals surface area contributed by atoms with Gasteiger partial charge in [0.05, 0.1) is 12.4 Å². The summed E-state index contributed by atoms with van der Waals surface area (Å²) >= 11 is 0. The molecule has 0 spiro atoms. The molecular weight excluding hydrogens is 268 g/mol. The lowest BCUT2D eigenvalue weighted by atomic mass is 9.70. The summed E-state index contributed by atoms with van der Waals surface area (Å²) in [7, 11) is 0. The Hall–Kier alpha value is -0.460. The Bertz CT molecular complexity index is 301. The first-order valence-corrected chi connectivity index (χ1v) is 10.1. The van der Waals surface area contributed by atoms with Crippen LogP contribution in [-0.2, 0) is 4.74 Å². The number of ether oxygens (including phenoxy) is 1. The van der Waals surface area contributed by atoms with Gasteiger partial charge in [0.25, 0.3) is 0 Å². The van der Waals surface area contributed by atoms with Crippen LogP contribution in [0.4, 0.5) is 0 Å². The van der Waals surface area contributed by atoms with Crippen LogP contribution in [0, 0.1) is 17.8 Å². The molecule has 0 aromatic carbocycles. The van der Waals surface area contributed by atoms with Crippen molar-refractivity contribution in [2.24, 2.45) is 17.8 Å². The first-order chi connectivity index (χ1) is 10.8. The van der Waals surface area contributed by atoms with Gasteiger partial charge in [0.2, 0.25) is 0 Å². The lowest BCUT2D eigenvalue weighted by Gasteiger charge is -2.38. The third-order valence-corrected chi connectivity index (χ3v) is 6.04. The van der Waals surface area contributed by atoms with Crippen molar-refractivity contribution in [3.8, 4) is 0 Å². The molecule has 2 fully saturated rings. The maximum atomic E-state index is 5.95. The van der Waals surface area contributed by atoms with Gasteiger partial charge < -0.3 is 4.74 Å². The highest BCUT2D eigenvalue weighted by molar-refractivity contribution is 4.84. The molecule has 2 atom stereocenters. The third kappa shape index (κ3) is 5.97. The number of hydrogen-bond donors (Lipinski definition) is 0. The van der Waals surface area contributed by atoms with Crippen molar-refractivity contribution in [1.82, 2.24) is 0 Å². The van der Waals surface area contributed by atoms with Gasteiger partial charge in [-0.1, -0.05) is 58.4 Å². The van der Waals surface area contributed by atoms with Crippen LogP contribution in [0.2, 0.25) is 0 Å². The second-order valence-electron chi connectivity index (χ2n) is 7.74. The molecule has 0 saturated heterocycles. The summed E-state index contributed by atoms with van der Waals surface area (Å²) in [6.45, 7) is 4.48. The van der Waals surface area contributed by atoms with Crippen molar-refractivity contribution in [2.75, 3.05) is 0 Å². The quantitative estimate of drug-likeness (QED) is 0.351. The zero-order valence-electron chi connectivity index (χ0n) is 15.1. The van der Waals surface area contributed by atoms with Crippen LogP contribution >= 0.6 is 0 Å². The first kappa shape index (κ1) is 17.9. The smallest absolute Gasteiger partial charge is 0.0981 e. The molecule has 0 N–H and O–H groups in total. The molecule has 2 saturated carbocycles. The Morgan fingerprint density at radius 1 is 0.909 bits per heavy atom. The van der Waals surface area contributed by atoms with E-state index in [1.807, 2.05) is 6.26 Å². The van der Waals surface area contributed by atoms with E-state index < -0.39 is 0 Å². The molecule has 2 aliphatic rings. The van der Waals surface area contributed by atoms with Crippen molar-refractivity contribution >= 4 is 0 Å². The molecule has 22 heavy (non-hydrogen) atoms. The molecule has 0 bridgehead atoms. The monoisotopic (exact) mass is 306 g/mol. The average molecular weight is 307 g/mol. The lowest BCUT2D eigenvalue weighted by molar-refractivity contribution is 0.0510. The van der Waals surface area contributed by atoms with Gasteiger partial charge in [-0.3, -0.25) is 0 Å². The Kier molecular flexibility index (Phi) is 8.41. The highest BCUT2D eigenvalue weighted by Crippen LogP contribution is 2.41. The Morgan fingerprint density at radius 2 is 1.73 bits per heavy atom. The predicted octanol–water partition coefficient (Wildman–Crippen LogP) is 6.87. The van der Waals surface area contributed by atoms with E-state index in [0.717, 1.165) is 24.2 Å². The number of allylic oxidation sites excluding steroid dienone is 1. The van der Waals surface area contributed by atoms with Gasteiger partial charge in [0.1, 0.15) is 0 Å². The van der Waals surface area contributed by atoms with Gasteiger partial charge in [-0.15, -0.1) is 0 Å². The normalized spacial score (nSPS) is 33.2. The Morgan fingerprint density at radius 3 is 2.45 bits per heavy atom. The molecular formula is C21H38O. The summed E-state index contributed by atoms with van der Waals surface area (Å²) < 4.78 is 5.95. The van der Waals surface area contributed by atoms with Crippen molar-refractivity contribution in [2.45, 2.75) is 103 Å². The van der Waals surface area contributed by atoms with Crippen LogP contribution < -0.4 is 0 Å². The van der Waals surface area contributed by atoms with Crippen LogP contribution in [0.5, 0.6) is 0 Å². The molecule has 2 rings (SSSR count). The lowest BCUT2D eigenvalue weighted by Crippen LogP contribution is -2.29. The minimum Gasteiger partial charge on any atom is -0.498 e. The summed E-state index contributed by atoms with van der Waals surface area (Å²) in [5.74, 6) is 3.00. The average Bonchev–Trinajstić information content (AvgIpc) is 2.56. The summed E-state index contributed by atoms with van der Waals surface area (Å²) in [4.78, 5) is 0. The highest BCUT2D eigenvalue weighted by atomic mass is 16.5. The predicted molar refractivity (Wildman–Crippen MR) is 95.9 cm³/mol. The van der Waals surface area contributed by atoms with Crippen LogP contribution in [0.1, 0.15) is 97.3 Å². The third-order valence-electron chi connectivity index (χ3n) is 6.04. The molecule has 0 radical (unpaired) electrons. The van der Waals surface area contributed by atoms with Crippen LogP contribution in [0.25, 0.3) is 0 Å². The molecule has 0 aromatic rings. The minimum absolute atomic E-state index is 0.504. The molecule has 1 nitrogen and oxygen atoms in total. The van der Waals surface area contributed by atoms with Gasteiger partial charge in [-0.05, 0) is 62.7 Å². The number of hydrogen-bond acceptors (Lipinski definition) is 1. The van der Waals surface area contributed by atoms with Crippen LogP contribution in [0.3, 0.4) is 0 Å². The van der Waals surface area contributed by atoms with Crippen LogP contribution in [-0.4, -0.2) is 6.10 Å². The van der Waals surface area contributed by atoms with Gasteiger partial charge in [0, 0.05) is 0 Å². The molecule has 128 valence electrons. The number of rotatable bonds is 8. The Balaban J connectivity index is 1.68. The first-order valence-electron chi connectivity index (χ1n) is 10.1. The SMILES string of the molecule is CCC=CO[C@@H]1CCC[C@@H](C2CCC(CCCCC)CC2)C1. The molecule has 0 unspecified atom stereocenters. The highest BCUT2D eigenvalue weighted by Gasteiger charge is 2.31. The minimum atomic E-state index is 0.504. The second-order valence-corrected chi connectivity index (χ2v) is 7.74. The fourth-order valence-electron chi connectivity index (χ4n) is 4.63. The Labute approximate surface area is 138 Å². The van der Waals surface area contributed by atoms with Crippen LogP contribution in [0.15, 0.2) is 12.3 Å². The van der Waals surface area contributed by atoms with E-state index in [4.69, 9.17) is 4.74 Å². The zero-order valence-corrected chi connectivity index (χ0v) is 15.1. The molecule has 0 aromatic heterocycles. The van der Waals surface area contributed by atoms with Gasteiger partial charge in [0.15, 0.2) is 0 Å². The van der Waals surface area contributed by atoms with Gasteiger partial charge in [-0.25, -0.2) is 0 Å². The van der Waals surface area contributed by atoms with E-state index in [1.54, 1.807) is 0 Å². The molecule has 2 aliphatic carbocycles. The largest absolute Gasteiger partial charge is 0.498 e. The molecule has 0 aliphatic heterocycles. The van der Waals surface area contributed by atoms with E-state index in [9.17, 15) is 0 Å². The van der Waals surface area contributed by atoms with Crippen molar-refractivity contribution in [3.63, 3.8) is 0 Å². The topological polar surface area (TPSA) is 9.23 Å². The fourth-order valence-corrected chi connectivity index (χ4v) is 4.63. The van der Waals surface area contributed by atoms with Gasteiger partial charge >= 0.3 is 0 Å². The molecule has 0 amide bonds. The van der Waals surface area contributed by atoms with E-state index >= 15 is 0 Å². The van der Waals surface area contributed by atoms with E-state index in [0.29, 0.717) is 6.10 Å². The standard InChI is InChI=1S/C21H38O/c1-3-5-7-9-18-12-14-19(15-13-18)20-10-8-11-21(17-20)22-16-6-4-2/h6,16,18-21H,3-5,7-15,17H2,1-2H3/t18?,19?,20-,21-/m1/s1. The van der Waals surface area contributed by atoms with Crippen molar-refractivity contribution in [3.05, 3.63) is 12.3 Å². The maximum absolute atomic E-state index is 5.95. The summed E-state index contributed by atoms with van der Waals surface area (Å²) in [6.07, 6.45) is 22.9. The fraction of sp³-hybridized carbons (Fsp3) is 0.905. The molecule has 1 heteroatoms. The summed E-state index contributed by atoms with van der Waals surface area (Å²) in [5.41, 5.74) is 0. The summed E-state index contributed by atoms with van der Waals surface area (Å²) in [5, 5.41) is 0. The summed E-state index contributed by atoms with van der Waals surface area (Å²) in [6, 6.07) is 0. The van der Waals surface area contributed by atoms with Crippen molar-refractivity contribution in [1.29, 1.82) is 0 Å². The number of unbranched alkanes of at least 4 members (excludes halogenated alkanes) is 2. The molecule has 0 heterocycles. The van der Waals surface area contributed by atoms with E-state index in [2.05, 4.69) is 19.9 Å². The second kappa shape index (κ2) is 10.3.